The summed E-state index contributed by atoms with van der Waals surface area (Å²) in [6.07, 6.45) is 3.33. The second kappa shape index (κ2) is 11.1. The van der Waals surface area contributed by atoms with Crippen molar-refractivity contribution in [2.24, 2.45) is 11.8 Å². The molecule has 1 N–H and O–H groups in total. The number of halogens is 1. The van der Waals surface area contributed by atoms with Crippen LogP contribution in [0.1, 0.15) is 39.2 Å². The van der Waals surface area contributed by atoms with Crippen molar-refractivity contribution in [3.05, 3.63) is 34.9 Å². The van der Waals surface area contributed by atoms with Gasteiger partial charge in [-0.3, -0.25) is 0 Å². The van der Waals surface area contributed by atoms with Crippen LogP contribution in [0.25, 0.3) is 0 Å². The van der Waals surface area contributed by atoms with Gasteiger partial charge in [0.25, 0.3) is 0 Å². The molecule has 0 radical (unpaired) electrons. The maximum absolute atomic E-state index is 6.29. The zero-order valence-electron chi connectivity index (χ0n) is 13.7. The Morgan fingerprint density at radius 3 is 2.62 bits per heavy atom. The van der Waals surface area contributed by atoms with Crippen LogP contribution in [0.2, 0.25) is 5.02 Å². The van der Waals surface area contributed by atoms with Gasteiger partial charge in [-0.2, -0.15) is 0 Å². The molecule has 0 aliphatic heterocycles. The summed E-state index contributed by atoms with van der Waals surface area (Å²) in [5.41, 5.74) is 1.26. The number of nitrogens with one attached hydrogen (secondary N) is 1. The normalized spacial score (nSPS) is 12.8. The van der Waals surface area contributed by atoms with E-state index in [1.54, 1.807) is 0 Å². The van der Waals surface area contributed by atoms with Crippen LogP contribution in [0.4, 0.5) is 0 Å². The lowest BCUT2D eigenvalue weighted by Gasteiger charge is -2.19. The van der Waals surface area contributed by atoms with Crippen LogP contribution < -0.4 is 5.32 Å². The third-order valence-corrected chi connectivity index (χ3v) is 3.93. The van der Waals surface area contributed by atoms with Crippen molar-refractivity contribution in [2.75, 3.05) is 26.3 Å². The van der Waals surface area contributed by atoms with Crippen molar-refractivity contribution >= 4 is 11.6 Å². The molecule has 1 atom stereocenters. The third-order valence-electron chi connectivity index (χ3n) is 3.56. The van der Waals surface area contributed by atoms with Crippen molar-refractivity contribution in [1.29, 1.82) is 0 Å². The quantitative estimate of drug-likeness (QED) is 0.605. The molecule has 0 saturated heterocycles. The molecule has 1 aromatic carbocycles. The fraction of sp³-hybridized carbons (Fsp3) is 0.667. The van der Waals surface area contributed by atoms with E-state index in [0.717, 1.165) is 44.2 Å². The summed E-state index contributed by atoms with van der Waals surface area (Å²) >= 11 is 6.29. The molecule has 0 saturated carbocycles. The molecule has 120 valence electrons. The first kappa shape index (κ1) is 18.5. The van der Waals surface area contributed by atoms with E-state index >= 15 is 0 Å². The zero-order valence-corrected chi connectivity index (χ0v) is 14.5. The van der Waals surface area contributed by atoms with E-state index in [4.69, 9.17) is 16.3 Å². The molecule has 0 fully saturated rings. The van der Waals surface area contributed by atoms with Crippen molar-refractivity contribution in [2.45, 2.75) is 40.0 Å². The van der Waals surface area contributed by atoms with Gasteiger partial charge in [0.15, 0.2) is 0 Å². The Kier molecular flexibility index (Phi) is 9.73. The molecule has 0 heterocycles. The third kappa shape index (κ3) is 8.45. The van der Waals surface area contributed by atoms with Crippen LogP contribution >= 0.6 is 11.6 Å². The molecule has 0 aliphatic carbocycles. The maximum atomic E-state index is 6.29. The van der Waals surface area contributed by atoms with E-state index in [1.807, 2.05) is 19.1 Å². The Bertz CT molecular complexity index is 381. The topological polar surface area (TPSA) is 21.3 Å². The van der Waals surface area contributed by atoms with Crippen LogP contribution in [0.3, 0.4) is 0 Å². The fourth-order valence-electron chi connectivity index (χ4n) is 2.45. The molecule has 21 heavy (non-hydrogen) atoms. The number of benzene rings is 1. The minimum atomic E-state index is 0.615. The monoisotopic (exact) mass is 311 g/mol. The van der Waals surface area contributed by atoms with Crippen molar-refractivity contribution in [1.82, 2.24) is 5.32 Å². The van der Waals surface area contributed by atoms with Crippen molar-refractivity contribution in [3.63, 3.8) is 0 Å². The second-order valence-electron chi connectivity index (χ2n) is 6.05. The van der Waals surface area contributed by atoms with Gasteiger partial charge in [0.1, 0.15) is 0 Å². The SMILES string of the molecule is CCOCCCC(CNCC(C)C)Cc1ccccc1Cl. The molecule has 2 nitrogen and oxygen atoms in total. The lowest BCUT2D eigenvalue weighted by molar-refractivity contribution is 0.139. The van der Waals surface area contributed by atoms with E-state index in [0.29, 0.717) is 11.8 Å². The first-order chi connectivity index (χ1) is 10.1. The van der Waals surface area contributed by atoms with Gasteiger partial charge in [-0.15, -0.1) is 0 Å². The number of hydrogen-bond acceptors (Lipinski definition) is 2. The van der Waals surface area contributed by atoms with Crippen LogP contribution in [-0.4, -0.2) is 26.3 Å². The summed E-state index contributed by atoms with van der Waals surface area (Å²) in [6.45, 7) is 10.3. The van der Waals surface area contributed by atoms with Crippen LogP contribution in [0, 0.1) is 11.8 Å². The van der Waals surface area contributed by atoms with E-state index in [-0.39, 0.29) is 0 Å². The minimum absolute atomic E-state index is 0.615. The summed E-state index contributed by atoms with van der Waals surface area (Å²) in [5, 5.41) is 4.47. The highest BCUT2D eigenvalue weighted by atomic mass is 35.5. The standard InChI is InChI=1S/C18H30ClNO/c1-4-21-11-7-8-16(14-20-13-15(2)3)12-17-9-5-6-10-18(17)19/h5-6,9-10,15-16,20H,4,7-8,11-14H2,1-3H3. The number of hydrogen-bond donors (Lipinski definition) is 1. The average molecular weight is 312 g/mol. The Labute approximate surface area is 135 Å². The van der Waals surface area contributed by atoms with E-state index < -0.39 is 0 Å². The van der Waals surface area contributed by atoms with Gasteiger partial charge in [0.2, 0.25) is 0 Å². The average Bonchev–Trinajstić information content (AvgIpc) is 2.45. The molecule has 0 bridgehead atoms. The highest BCUT2D eigenvalue weighted by Gasteiger charge is 2.12. The van der Waals surface area contributed by atoms with Crippen LogP contribution in [0.5, 0.6) is 0 Å². The van der Waals surface area contributed by atoms with Gasteiger partial charge in [0.05, 0.1) is 0 Å². The van der Waals surface area contributed by atoms with Gasteiger partial charge >= 0.3 is 0 Å². The van der Waals surface area contributed by atoms with E-state index in [9.17, 15) is 0 Å². The Morgan fingerprint density at radius 1 is 1.19 bits per heavy atom. The molecule has 1 aromatic rings. The first-order valence-electron chi connectivity index (χ1n) is 8.15. The highest BCUT2D eigenvalue weighted by Crippen LogP contribution is 2.21. The van der Waals surface area contributed by atoms with E-state index in [1.165, 1.54) is 12.0 Å². The lowest BCUT2D eigenvalue weighted by atomic mass is 9.94. The Balaban J connectivity index is 2.47. The van der Waals surface area contributed by atoms with Crippen LogP contribution in [-0.2, 0) is 11.2 Å². The summed E-state index contributed by atoms with van der Waals surface area (Å²) in [6, 6.07) is 8.18. The lowest BCUT2D eigenvalue weighted by Crippen LogP contribution is -2.28. The molecule has 0 aliphatic rings. The van der Waals surface area contributed by atoms with E-state index in [2.05, 4.69) is 31.3 Å². The van der Waals surface area contributed by atoms with Crippen molar-refractivity contribution < 1.29 is 4.74 Å². The summed E-state index contributed by atoms with van der Waals surface area (Å²) in [7, 11) is 0. The van der Waals surface area contributed by atoms with Gasteiger partial charge < -0.3 is 10.1 Å². The summed E-state index contributed by atoms with van der Waals surface area (Å²) < 4.78 is 5.45. The zero-order chi connectivity index (χ0) is 15.5. The second-order valence-corrected chi connectivity index (χ2v) is 6.46. The summed E-state index contributed by atoms with van der Waals surface area (Å²) in [5.74, 6) is 1.30. The number of rotatable bonds is 11. The molecule has 1 rings (SSSR count). The fourth-order valence-corrected chi connectivity index (χ4v) is 2.66. The van der Waals surface area contributed by atoms with Gasteiger partial charge in [-0.25, -0.2) is 0 Å². The molecular formula is C18H30ClNO. The van der Waals surface area contributed by atoms with Gasteiger partial charge in [0, 0.05) is 18.2 Å². The Hall–Kier alpha value is -0.570. The van der Waals surface area contributed by atoms with Crippen LogP contribution in [0.15, 0.2) is 24.3 Å². The molecule has 0 amide bonds. The largest absolute Gasteiger partial charge is 0.382 e. The predicted octanol–water partition coefficient (Wildman–Crippen LogP) is 4.56. The molecular weight excluding hydrogens is 282 g/mol. The molecule has 0 spiro atoms. The highest BCUT2D eigenvalue weighted by molar-refractivity contribution is 6.31. The molecule has 1 unspecified atom stereocenters. The first-order valence-corrected chi connectivity index (χ1v) is 8.53. The van der Waals surface area contributed by atoms with Gasteiger partial charge in [-0.05, 0) is 62.7 Å². The Morgan fingerprint density at radius 2 is 1.95 bits per heavy atom. The van der Waals surface area contributed by atoms with Gasteiger partial charge in [-0.1, -0.05) is 43.6 Å². The number of ether oxygens (including phenoxy) is 1. The van der Waals surface area contributed by atoms with Crippen molar-refractivity contribution in [3.8, 4) is 0 Å². The summed E-state index contributed by atoms with van der Waals surface area (Å²) in [4.78, 5) is 0. The maximum Gasteiger partial charge on any atom is 0.0466 e. The molecule has 3 heteroatoms. The smallest absolute Gasteiger partial charge is 0.0466 e. The predicted molar refractivity (Wildman–Crippen MR) is 92.1 cm³/mol. The molecule has 0 aromatic heterocycles. The minimum Gasteiger partial charge on any atom is -0.382 e.